The van der Waals surface area contributed by atoms with Crippen molar-refractivity contribution in [2.45, 2.75) is 23.7 Å². The van der Waals surface area contributed by atoms with Gasteiger partial charge in [0.15, 0.2) is 11.6 Å². The van der Waals surface area contributed by atoms with Gasteiger partial charge in [-0.1, -0.05) is 0 Å². The molecule has 2 aliphatic heterocycles. The fourth-order valence-corrected chi connectivity index (χ4v) is 5.43. The molecule has 2 fully saturated rings. The van der Waals surface area contributed by atoms with E-state index in [2.05, 4.69) is 10.2 Å². The van der Waals surface area contributed by atoms with Crippen molar-refractivity contribution in [1.82, 2.24) is 19.4 Å². The van der Waals surface area contributed by atoms with Gasteiger partial charge < -0.3 is 9.64 Å². The van der Waals surface area contributed by atoms with Crippen LogP contribution in [0.5, 0.6) is 0 Å². The average Bonchev–Trinajstić information content (AvgIpc) is 3.25. The van der Waals surface area contributed by atoms with Crippen LogP contribution in [0.15, 0.2) is 29.3 Å². The van der Waals surface area contributed by atoms with Crippen LogP contribution in [0.4, 0.5) is 8.78 Å². The highest BCUT2D eigenvalue weighted by Gasteiger charge is 2.34. The van der Waals surface area contributed by atoms with Crippen molar-refractivity contribution in [3.63, 3.8) is 0 Å². The Bertz CT molecular complexity index is 1040. The first-order valence-electron chi connectivity index (χ1n) is 9.73. The molecule has 0 aliphatic carbocycles. The molecule has 162 valence electrons. The van der Waals surface area contributed by atoms with Crippen molar-refractivity contribution >= 4 is 15.9 Å². The molecule has 11 heteroatoms. The van der Waals surface area contributed by atoms with Crippen molar-refractivity contribution in [3.05, 3.63) is 47.3 Å². The molecule has 3 heterocycles. The van der Waals surface area contributed by atoms with Gasteiger partial charge in [-0.2, -0.15) is 9.40 Å². The second kappa shape index (κ2) is 8.40. The molecule has 1 unspecified atom stereocenters. The standard InChI is InChI=1S/C19H22F2N4O4S/c20-16-4-3-14(10-17(16)21)30(27,28)25-5-1-2-13(12-25)18-15(11-22-23-18)19(26)24-6-8-29-9-7-24/h3-4,10-11,13H,1-2,5-9,12H2,(H,22,23). The minimum absolute atomic E-state index is 0.118. The number of hydrogen-bond acceptors (Lipinski definition) is 5. The number of hydrogen-bond donors (Lipinski definition) is 1. The zero-order valence-corrected chi connectivity index (χ0v) is 17.0. The summed E-state index contributed by atoms with van der Waals surface area (Å²) in [6.07, 6.45) is 2.71. The van der Waals surface area contributed by atoms with Gasteiger partial charge in [-0.25, -0.2) is 17.2 Å². The Morgan fingerprint density at radius 2 is 1.93 bits per heavy atom. The number of H-pyrrole nitrogens is 1. The van der Waals surface area contributed by atoms with E-state index in [0.717, 1.165) is 12.1 Å². The minimum Gasteiger partial charge on any atom is -0.378 e. The summed E-state index contributed by atoms with van der Waals surface area (Å²) in [7, 11) is -4.00. The minimum atomic E-state index is -4.00. The number of carbonyl (C=O) groups is 1. The van der Waals surface area contributed by atoms with Crippen LogP contribution in [0.1, 0.15) is 34.8 Å². The second-order valence-electron chi connectivity index (χ2n) is 7.38. The lowest BCUT2D eigenvalue weighted by atomic mass is 9.93. The number of aromatic nitrogens is 2. The molecule has 8 nitrogen and oxygen atoms in total. The van der Waals surface area contributed by atoms with Gasteiger partial charge >= 0.3 is 0 Å². The van der Waals surface area contributed by atoms with Gasteiger partial charge in [-0.05, 0) is 31.0 Å². The summed E-state index contributed by atoms with van der Waals surface area (Å²) in [5.41, 5.74) is 1.02. The second-order valence-corrected chi connectivity index (χ2v) is 9.32. The van der Waals surface area contributed by atoms with E-state index < -0.39 is 21.7 Å². The highest BCUT2D eigenvalue weighted by molar-refractivity contribution is 7.89. The molecule has 1 aromatic carbocycles. The van der Waals surface area contributed by atoms with Crippen molar-refractivity contribution in [2.24, 2.45) is 0 Å². The van der Waals surface area contributed by atoms with Gasteiger partial charge in [-0.15, -0.1) is 0 Å². The molecule has 0 radical (unpaired) electrons. The maximum absolute atomic E-state index is 13.6. The van der Waals surface area contributed by atoms with Crippen LogP contribution in [-0.4, -0.2) is 73.1 Å². The van der Waals surface area contributed by atoms with Crippen molar-refractivity contribution in [3.8, 4) is 0 Å². The van der Waals surface area contributed by atoms with E-state index in [1.165, 1.54) is 10.5 Å². The van der Waals surface area contributed by atoms with Crippen LogP contribution in [0, 0.1) is 11.6 Å². The lowest BCUT2D eigenvalue weighted by Gasteiger charge is -2.32. The predicted octanol–water partition coefficient (Wildman–Crippen LogP) is 1.73. The molecule has 2 saturated heterocycles. The number of nitrogens with zero attached hydrogens (tertiary/aromatic N) is 3. The quantitative estimate of drug-likeness (QED) is 0.781. The number of carbonyl (C=O) groups excluding carboxylic acids is 1. The summed E-state index contributed by atoms with van der Waals surface area (Å²) >= 11 is 0. The first-order chi connectivity index (χ1) is 14.4. The first kappa shape index (κ1) is 20.9. The molecule has 2 aliphatic rings. The molecule has 1 amide bonds. The summed E-state index contributed by atoms with van der Waals surface area (Å²) in [5, 5.41) is 6.88. The number of amides is 1. The van der Waals surface area contributed by atoms with Crippen molar-refractivity contribution < 1.29 is 26.7 Å². The summed E-state index contributed by atoms with van der Waals surface area (Å²) in [6.45, 7) is 2.31. The Morgan fingerprint density at radius 3 is 2.67 bits per heavy atom. The van der Waals surface area contributed by atoms with Gasteiger partial charge in [0.1, 0.15) is 0 Å². The van der Waals surface area contributed by atoms with E-state index in [0.29, 0.717) is 56.5 Å². The van der Waals surface area contributed by atoms with E-state index in [1.54, 1.807) is 4.90 Å². The van der Waals surface area contributed by atoms with Crippen molar-refractivity contribution in [2.75, 3.05) is 39.4 Å². The number of benzene rings is 1. The van der Waals surface area contributed by atoms with Crippen LogP contribution in [0.2, 0.25) is 0 Å². The molecular weight excluding hydrogens is 418 g/mol. The number of aromatic amines is 1. The van der Waals surface area contributed by atoms with E-state index in [-0.39, 0.29) is 29.8 Å². The van der Waals surface area contributed by atoms with Gasteiger partial charge in [-0.3, -0.25) is 9.89 Å². The van der Waals surface area contributed by atoms with Crippen LogP contribution < -0.4 is 0 Å². The molecule has 4 rings (SSSR count). The number of halogens is 2. The van der Waals surface area contributed by atoms with Gasteiger partial charge in [0.05, 0.1) is 35.6 Å². The zero-order valence-electron chi connectivity index (χ0n) is 16.2. The number of piperidine rings is 1. The summed E-state index contributed by atoms with van der Waals surface area (Å²) in [5.74, 6) is -2.74. The Balaban J connectivity index is 1.55. The maximum Gasteiger partial charge on any atom is 0.257 e. The lowest BCUT2D eigenvalue weighted by Crippen LogP contribution is -2.42. The topological polar surface area (TPSA) is 95.6 Å². The van der Waals surface area contributed by atoms with E-state index in [9.17, 15) is 22.0 Å². The highest BCUT2D eigenvalue weighted by atomic mass is 32.2. The molecule has 1 aromatic heterocycles. The monoisotopic (exact) mass is 440 g/mol. The Morgan fingerprint density at radius 1 is 1.17 bits per heavy atom. The summed E-state index contributed by atoms with van der Waals surface area (Å²) in [6, 6.07) is 2.55. The van der Waals surface area contributed by atoms with E-state index >= 15 is 0 Å². The molecule has 0 saturated carbocycles. The number of morpholine rings is 1. The van der Waals surface area contributed by atoms with Crippen LogP contribution in [0.25, 0.3) is 0 Å². The van der Waals surface area contributed by atoms with Crippen LogP contribution >= 0.6 is 0 Å². The Labute approximate surface area is 172 Å². The van der Waals surface area contributed by atoms with E-state index in [4.69, 9.17) is 4.74 Å². The number of ether oxygens (including phenoxy) is 1. The summed E-state index contributed by atoms with van der Waals surface area (Å²) < 4.78 is 59.2. The highest BCUT2D eigenvalue weighted by Crippen LogP contribution is 2.31. The molecule has 2 aromatic rings. The molecule has 0 bridgehead atoms. The van der Waals surface area contributed by atoms with Gasteiger partial charge in [0.2, 0.25) is 10.0 Å². The third-order valence-electron chi connectivity index (χ3n) is 5.52. The molecular formula is C19H22F2N4O4S. The molecule has 0 spiro atoms. The normalized spacial score (nSPS) is 21.0. The van der Waals surface area contributed by atoms with E-state index in [1.807, 2.05) is 0 Å². The molecule has 30 heavy (non-hydrogen) atoms. The zero-order chi connectivity index (χ0) is 21.3. The first-order valence-corrected chi connectivity index (χ1v) is 11.2. The number of nitrogens with one attached hydrogen (secondary N) is 1. The Hall–Kier alpha value is -2.37. The molecule has 1 N–H and O–H groups in total. The number of rotatable bonds is 4. The smallest absolute Gasteiger partial charge is 0.257 e. The lowest BCUT2D eigenvalue weighted by molar-refractivity contribution is 0.0301. The third kappa shape index (κ3) is 3.96. The van der Waals surface area contributed by atoms with Gasteiger partial charge in [0.25, 0.3) is 5.91 Å². The van der Waals surface area contributed by atoms with Crippen molar-refractivity contribution in [1.29, 1.82) is 0 Å². The summed E-state index contributed by atoms with van der Waals surface area (Å²) in [4.78, 5) is 14.3. The van der Waals surface area contributed by atoms with Crippen LogP contribution in [0.3, 0.4) is 0 Å². The van der Waals surface area contributed by atoms with Crippen LogP contribution in [-0.2, 0) is 14.8 Å². The maximum atomic E-state index is 13.6. The molecule has 1 atom stereocenters. The van der Waals surface area contributed by atoms with Gasteiger partial charge in [0, 0.05) is 32.1 Å². The SMILES string of the molecule is O=C(c1cn[nH]c1C1CCCN(S(=O)(=O)c2ccc(F)c(F)c2)C1)N1CCOCC1. The Kier molecular flexibility index (Phi) is 5.85. The fraction of sp³-hybridized carbons (Fsp3) is 0.474. The average molecular weight is 440 g/mol. The predicted molar refractivity (Wildman–Crippen MR) is 102 cm³/mol. The fourth-order valence-electron chi connectivity index (χ4n) is 3.90. The largest absolute Gasteiger partial charge is 0.378 e. The number of sulfonamides is 1. The third-order valence-corrected chi connectivity index (χ3v) is 7.38.